The highest BCUT2D eigenvalue weighted by molar-refractivity contribution is 5.93. The van der Waals surface area contributed by atoms with E-state index in [1.165, 1.54) is 0 Å². The maximum absolute atomic E-state index is 11.3. The summed E-state index contributed by atoms with van der Waals surface area (Å²) in [5.41, 5.74) is 6.41. The van der Waals surface area contributed by atoms with Crippen molar-refractivity contribution in [2.45, 2.75) is 19.4 Å². The van der Waals surface area contributed by atoms with Crippen LogP contribution in [0.5, 0.6) is 0 Å². The van der Waals surface area contributed by atoms with Gasteiger partial charge in [-0.15, -0.1) is 5.10 Å². The van der Waals surface area contributed by atoms with Crippen molar-refractivity contribution in [1.29, 1.82) is 0 Å². The van der Waals surface area contributed by atoms with Crippen LogP contribution in [-0.4, -0.2) is 37.1 Å². The van der Waals surface area contributed by atoms with Crippen LogP contribution in [0.4, 0.5) is 5.69 Å². The quantitative estimate of drug-likeness (QED) is 0.706. The summed E-state index contributed by atoms with van der Waals surface area (Å²) < 4.78 is 1.11. The normalized spacial score (nSPS) is 12.0. The minimum atomic E-state index is -1.28. The number of aromatic carboxylic acids is 1. The fourth-order valence-electron chi connectivity index (χ4n) is 2.06. The number of nitrogens with two attached hydrogens (primary N) is 1. The molecule has 1 aromatic heterocycles. The number of hydrogen-bond acceptors (Lipinski definition) is 5. The van der Waals surface area contributed by atoms with E-state index in [-0.39, 0.29) is 17.8 Å². The van der Waals surface area contributed by atoms with E-state index in [0.717, 1.165) is 4.68 Å². The van der Waals surface area contributed by atoms with Crippen molar-refractivity contribution < 1.29 is 19.8 Å². The van der Waals surface area contributed by atoms with Crippen molar-refractivity contribution >= 4 is 17.6 Å². The molecule has 0 fully saturated rings. The highest BCUT2D eigenvalue weighted by atomic mass is 16.4. The van der Waals surface area contributed by atoms with Crippen LogP contribution in [0.15, 0.2) is 24.3 Å². The van der Waals surface area contributed by atoms with E-state index < -0.39 is 18.0 Å². The topological polar surface area (TPSA) is 131 Å². The van der Waals surface area contributed by atoms with Crippen molar-refractivity contribution in [3.63, 3.8) is 0 Å². The van der Waals surface area contributed by atoms with Gasteiger partial charge in [0.15, 0.2) is 11.7 Å². The predicted octanol–water partition coefficient (Wildman–Crippen LogP) is 1.26. The van der Waals surface area contributed by atoms with E-state index in [9.17, 15) is 19.8 Å². The molecule has 2 aromatic rings. The number of aliphatic carboxylic acids is 1. The van der Waals surface area contributed by atoms with Crippen LogP contribution in [0.25, 0.3) is 11.3 Å². The average molecular weight is 290 g/mol. The van der Waals surface area contributed by atoms with Gasteiger partial charge in [0.25, 0.3) is 0 Å². The van der Waals surface area contributed by atoms with Gasteiger partial charge in [-0.2, -0.15) is 0 Å². The molecule has 1 unspecified atom stereocenters. The fraction of sp³-hybridized carbons (Fsp3) is 0.231. The molecule has 1 atom stereocenters. The number of benzene rings is 1. The summed E-state index contributed by atoms with van der Waals surface area (Å²) in [6, 6.07) is 5.48. The Balaban J connectivity index is 2.68. The third kappa shape index (κ3) is 2.69. The van der Waals surface area contributed by atoms with E-state index in [4.69, 9.17) is 5.73 Å². The van der Waals surface area contributed by atoms with Crippen LogP contribution in [-0.2, 0) is 4.79 Å². The Morgan fingerprint density at radius 2 is 2.10 bits per heavy atom. The molecule has 1 aromatic carbocycles. The molecule has 0 saturated heterocycles. The number of hydrogen-bond donors (Lipinski definition) is 3. The standard InChI is InChI=1S/C13H14N4O4/c1-2-9(12(18)19)17-11(10(13(20)21)15-16-17)7-4-3-5-8(14)6-7/h3-6,9H,2,14H2,1H3,(H,18,19)(H,20,21). The molecule has 0 aliphatic carbocycles. The second kappa shape index (κ2) is 5.61. The molecule has 0 spiro atoms. The highest BCUT2D eigenvalue weighted by Crippen LogP contribution is 2.27. The number of carbonyl (C=O) groups is 2. The number of nitrogen functional groups attached to an aromatic ring is 1. The molecule has 110 valence electrons. The third-order valence-electron chi connectivity index (χ3n) is 3.02. The largest absolute Gasteiger partial charge is 0.480 e. The number of carboxylic acids is 2. The van der Waals surface area contributed by atoms with Crippen LogP contribution in [0.3, 0.4) is 0 Å². The lowest BCUT2D eigenvalue weighted by Crippen LogP contribution is -2.20. The van der Waals surface area contributed by atoms with Crippen LogP contribution in [0.2, 0.25) is 0 Å². The molecule has 0 radical (unpaired) electrons. The zero-order valence-corrected chi connectivity index (χ0v) is 11.2. The molecular weight excluding hydrogens is 276 g/mol. The van der Waals surface area contributed by atoms with Gasteiger partial charge in [0.2, 0.25) is 0 Å². The smallest absolute Gasteiger partial charge is 0.358 e. The van der Waals surface area contributed by atoms with Gasteiger partial charge in [-0.05, 0) is 18.6 Å². The molecule has 8 heteroatoms. The van der Waals surface area contributed by atoms with E-state index >= 15 is 0 Å². The summed E-state index contributed by atoms with van der Waals surface area (Å²) in [5.74, 6) is -2.39. The molecule has 0 amide bonds. The van der Waals surface area contributed by atoms with E-state index in [1.54, 1.807) is 31.2 Å². The summed E-state index contributed by atoms with van der Waals surface area (Å²) in [4.78, 5) is 22.6. The Morgan fingerprint density at radius 3 is 2.62 bits per heavy atom. The third-order valence-corrected chi connectivity index (χ3v) is 3.02. The molecule has 21 heavy (non-hydrogen) atoms. The van der Waals surface area contributed by atoms with Crippen LogP contribution in [0.1, 0.15) is 29.9 Å². The molecule has 0 saturated carbocycles. The molecule has 4 N–H and O–H groups in total. The molecule has 0 bridgehead atoms. The van der Waals surface area contributed by atoms with Gasteiger partial charge in [0, 0.05) is 11.3 Å². The van der Waals surface area contributed by atoms with Crippen molar-refractivity contribution in [2.75, 3.05) is 5.73 Å². The molecule has 8 nitrogen and oxygen atoms in total. The predicted molar refractivity (Wildman–Crippen MR) is 73.8 cm³/mol. The summed E-state index contributed by atoms with van der Waals surface area (Å²) in [6.07, 6.45) is 0.243. The van der Waals surface area contributed by atoms with Gasteiger partial charge in [-0.25, -0.2) is 14.3 Å². The number of rotatable bonds is 5. The second-order valence-corrected chi connectivity index (χ2v) is 4.42. The van der Waals surface area contributed by atoms with Crippen LogP contribution in [0, 0.1) is 0 Å². The number of aromatic nitrogens is 3. The highest BCUT2D eigenvalue weighted by Gasteiger charge is 2.28. The Morgan fingerprint density at radius 1 is 1.38 bits per heavy atom. The lowest BCUT2D eigenvalue weighted by molar-refractivity contribution is -0.141. The first-order chi connectivity index (χ1) is 9.95. The Labute approximate surface area is 119 Å². The van der Waals surface area contributed by atoms with Crippen molar-refractivity contribution in [1.82, 2.24) is 15.0 Å². The zero-order chi connectivity index (χ0) is 15.6. The maximum Gasteiger partial charge on any atom is 0.358 e. The first-order valence-corrected chi connectivity index (χ1v) is 6.22. The molecule has 0 aliphatic rings. The summed E-state index contributed by atoms with van der Waals surface area (Å²) in [6.45, 7) is 1.67. The van der Waals surface area contributed by atoms with Crippen molar-refractivity contribution in [3.8, 4) is 11.3 Å². The Bertz CT molecular complexity index is 695. The van der Waals surface area contributed by atoms with Gasteiger partial charge < -0.3 is 15.9 Å². The van der Waals surface area contributed by atoms with Gasteiger partial charge >= 0.3 is 11.9 Å². The fourth-order valence-corrected chi connectivity index (χ4v) is 2.06. The lowest BCUT2D eigenvalue weighted by atomic mass is 10.1. The molecule has 0 aliphatic heterocycles. The summed E-state index contributed by atoms with van der Waals surface area (Å²) in [7, 11) is 0. The SMILES string of the molecule is CCC(C(=O)O)n1nnc(C(=O)O)c1-c1cccc(N)c1. The Kier molecular flexibility index (Phi) is 3.88. The first-order valence-electron chi connectivity index (χ1n) is 6.22. The van der Waals surface area contributed by atoms with Crippen molar-refractivity contribution in [3.05, 3.63) is 30.0 Å². The lowest BCUT2D eigenvalue weighted by Gasteiger charge is -2.13. The van der Waals surface area contributed by atoms with Crippen molar-refractivity contribution in [2.24, 2.45) is 0 Å². The van der Waals surface area contributed by atoms with Crippen LogP contribution < -0.4 is 5.73 Å². The van der Waals surface area contributed by atoms with E-state index in [0.29, 0.717) is 11.3 Å². The molecule has 2 rings (SSSR count). The summed E-state index contributed by atoms with van der Waals surface area (Å²) >= 11 is 0. The van der Waals surface area contributed by atoms with Gasteiger partial charge in [0.05, 0.1) is 0 Å². The summed E-state index contributed by atoms with van der Waals surface area (Å²) in [5, 5.41) is 25.7. The van der Waals surface area contributed by atoms with Gasteiger partial charge in [-0.1, -0.05) is 24.3 Å². The van der Waals surface area contributed by atoms with Crippen LogP contribution >= 0.6 is 0 Å². The maximum atomic E-state index is 11.3. The first kappa shape index (κ1) is 14.5. The van der Waals surface area contributed by atoms with Gasteiger partial charge in [-0.3, -0.25) is 0 Å². The Hall–Kier alpha value is -2.90. The number of anilines is 1. The number of carboxylic acid groups (broad SMARTS) is 2. The second-order valence-electron chi connectivity index (χ2n) is 4.42. The monoisotopic (exact) mass is 290 g/mol. The zero-order valence-electron chi connectivity index (χ0n) is 11.2. The van der Waals surface area contributed by atoms with Gasteiger partial charge in [0.1, 0.15) is 5.69 Å². The minimum Gasteiger partial charge on any atom is -0.480 e. The van der Waals surface area contributed by atoms with E-state index in [1.807, 2.05) is 0 Å². The molecule has 1 heterocycles. The van der Waals surface area contributed by atoms with E-state index in [2.05, 4.69) is 10.3 Å². The average Bonchev–Trinajstić information content (AvgIpc) is 2.84. The minimum absolute atomic E-state index is 0.129. The molecular formula is C13H14N4O4. The number of nitrogens with zero attached hydrogens (tertiary/aromatic N) is 3.